The van der Waals surface area contributed by atoms with E-state index in [4.69, 9.17) is 14.2 Å². The van der Waals surface area contributed by atoms with Crippen molar-refractivity contribution in [1.29, 1.82) is 0 Å². The minimum absolute atomic E-state index is 0.103. The van der Waals surface area contributed by atoms with Gasteiger partial charge in [0.15, 0.2) is 17.3 Å². The van der Waals surface area contributed by atoms with Gasteiger partial charge in [-0.1, -0.05) is 18.2 Å². The second-order valence-corrected chi connectivity index (χ2v) is 6.83. The summed E-state index contributed by atoms with van der Waals surface area (Å²) in [5.41, 5.74) is 3.05. The van der Waals surface area contributed by atoms with E-state index in [0.29, 0.717) is 29.7 Å². The molecule has 3 rings (SSSR count). The third-order valence-corrected chi connectivity index (χ3v) is 4.78. The molecule has 2 aromatic carbocycles. The number of hydrogen-bond donors (Lipinski definition) is 0. The van der Waals surface area contributed by atoms with Crippen LogP contribution in [-0.2, 0) is 16.0 Å². The first-order chi connectivity index (χ1) is 14.7. The smallest absolute Gasteiger partial charge is 0.399 e. The molecule has 0 spiro atoms. The largest absolute Gasteiger partial charge is 0.493 e. The monoisotopic (exact) mass is 438 g/mol. The molecule has 0 unspecified atom stereocenters. The quantitative estimate of drug-likeness (QED) is 0.450. The summed E-state index contributed by atoms with van der Waals surface area (Å²) in [4.78, 5) is 23.2. The lowest BCUT2D eigenvalue weighted by Crippen LogP contribution is -2.19. The van der Waals surface area contributed by atoms with Gasteiger partial charge in [0.25, 0.3) is 0 Å². The van der Waals surface area contributed by atoms with E-state index in [9.17, 15) is 22.8 Å². The van der Waals surface area contributed by atoms with E-state index >= 15 is 0 Å². The van der Waals surface area contributed by atoms with Crippen LogP contribution in [0, 0.1) is 0 Å². The Hall–Kier alpha value is -3.23. The van der Waals surface area contributed by atoms with Crippen molar-refractivity contribution in [1.82, 2.24) is 0 Å². The van der Waals surface area contributed by atoms with Gasteiger partial charge in [-0.25, -0.2) is 0 Å². The van der Waals surface area contributed by atoms with Gasteiger partial charge in [0.05, 0.1) is 14.2 Å². The lowest BCUT2D eigenvalue weighted by atomic mass is 9.99. The van der Waals surface area contributed by atoms with Gasteiger partial charge in [0, 0.05) is 17.5 Å². The lowest BCUT2D eigenvalue weighted by molar-refractivity contribution is -0.171. The fraction of sp³-hybridized carbons (Fsp3) is 0.364. The standard InChI is InChI=1S/C22H21F3O6/c1-28-18-8-6-16(14-3-5-15-13(11-14)4-7-17(15)26)20(21(18)29-2)31-10-9-30-19(27)12-22(23,24)25/h3,5-6,8,11H,4,7,9-10,12H2,1-2H3. The van der Waals surface area contributed by atoms with Crippen LogP contribution in [0.1, 0.15) is 28.8 Å². The number of rotatable bonds is 8. The van der Waals surface area contributed by atoms with Gasteiger partial charge in [0.1, 0.15) is 19.6 Å². The van der Waals surface area contributed by atoms with Crippen molar-refractivity contribution in [3.8, 4) is 28.4 Å². The Morgan fingerprint density at radius 2 is 1.71 bits per heavy atom. The normalized spacial score (nSPS) is 13.0. The van der Waals surface area contributed by atoms with E-state index < -0.39 is 18.6 Å². The van der Waals surface area contributed by atoms with Crippen molar-refractivity contribution in [3.05, 3.63) is 41.5 Å². The van der Waals surface area contributed by atoms with Gasteiger partial charge in [-0.05, 0) is 29.7 Å². The highest BCUT2D eigenvalue weighted by atomic mass is 19.4. The van der Waals surface area contributed by atoms with Crippen LogP contribution in [-0.4, -0.2) is 45.4 Å². The molecule has 166 valence electrons. The molecule has 0 amide bonds. The molecule has 0 bridgehead atoms. The summed E-state index contributed by atoms with van der Waals surface area (Å²) in [6, 6.07) is 8.91. The Kier molecular flexibility index (Phi) is 6.72. The molecule has 0 fully saturated rings. The summed E-state index contributed by atoms with van der Waals surface area (Å²) in [6.45, 7) is -0.559. The average Bonchev–Trinajstić information content (AvgIpc) is 3.09. The highest BCUT2D eigenvalue weighted by molar-refractivity contribution is 6.01. The molecule has 0 heterocycles. The Morgan fingerprint density at radius 1 is 0.968 bits per heavy atom. The molecule has 0 N–H and O–H groups in total. The minimum atomic E-state index is -4.63. The maximum Gasteiger partial charge on any atom is 0.399 e. The number of halogens is 3. The summed E-state index contributed by atoms with van der Waals surface area (Å²) in [5, 5.41) is 0. The first-order valence-electron chi connectivity index (χ1n) is 9.50. The summed E-state index contributed by atoms with van der Waals surface area (Å²) in [7, 11) is 2.89. The fourth-order valence-electron chi connectivity index (χ4n) is 3.41. The van der Waals surface area contributed by atoms with Crippen LogP contribution in [0.3, 0.4) is 0 Å². The first-order valence-corrected chi connectivity index (χ1v) is 9.50. The molecular weight excluding hydrogens is 417 g/mol. The third-order valence-electron chi connectivity index (χ3n) is 4.78. The van der Waals surface area contributed by atoms with Crippen molar-refractivity contribution < 1.29 is 41.7 Å². The summed E-state index contributed by atoms with van der Waals surface area (Å²) in [5.74, 6) is -0.300. The topological polar surface area (TPSA) is 71.1 Å². The second-order valence-electron chi connectivity index (χ2n) is 6.83. The number of aryl methyl sites for hydroxylation is 1. The van der Waals surface area contributed by atoms with E-state index in [0.717, 1.165) is 11.1 Å². The van der Waals surface area contributed by atoms with Crippen LogP contribution >= 0.6 is 0 Å². The van der Waals surface area contributed by atoms with E-state index in [1.54, 1.807) is 24.3 Å². The highest BCUT2D eigenvalue weighted by Crippen LogP contribution is 2.45. The average molecular weight is 438 g/mol. The van der Waals surface area contributed by atoms with Crippen LogP contribution in [0.5, 0.6) is 17.2 Å². The SMILES string of the molecule is COc1ccc(-c2ccc3c(c2)CCC3=O)c(OCCOC(=O)CC(F)(F)F)c1OC. The van der Waals surface area contributed by atoms with Gasteiger partial charge in [-0.2, -0.15) is 13.2 Å². The van der Waals surface area contributed by atoms with E-state index in [-0.39, 0.29) is 30.5 Å². The molecule has 0 atom stereocenters. The Balaban J connectivity index is 1.83. The molecule has 0 radical (unpaired) electrons. The predicted octanol–water partition coefficient (Wildman–Crippen LogP) is 4.37. The van der Waals surface area contributed by atoms with Gasteiger partial charge < -0.3 is 18.9 Å². The lowest BCUT2D eigenvalue weighted by Gasteiger charge is -2.18. The van der Waals surface area contributed by atoms with Gasteiger partial charge >= 0.3 is 12.1 Å². The number of benzene rings is 2. The van der Waals surface area contributed by atoms with Crippen LogP contribution in [0.25, 0.3) is 11.1 Å². The molecular formula is C22H21F3O6. The van der Waals surface area contributed by atoms with Crippen molar-refractivity contribution in [2.75, 3.05) is 27.4 Å². The molecule has 31 heavy (non-hydrogen) atoms. The number of methoxy groups -OCH3 is 2. The molecule has 0 aliphatic heterocycles. The molecule has 0 saturated heterocycles. The van der Waals surface area contributed by atoms with E-state index in [2.05, 4.69) is 4.74 Å². The predicted molar refractivity (Wildman–Crippen MR) is 105 cm³/mol. The number of Topliss-reactive ketones (excluding diaryl/α,β-unsaturated/α-hetero) is 1. The van der Waals surface area contributed by atoms with Crippen LogP contribution < -0.4 is 14.2 Å². The number of carbonyl (C=O) groups excluding carboxylic acids is 2. The van der Waals surface area contributed by atoms with Crippen LogP contribution in [0.4, 0.5) is 13.2 Å². The summed E-state index contributed by atoms with van der Waals surface area (Å²) in [6.07, 6.45) is -5.16. The Labute approximate surface area is 176 Å². The molecule has 9 heteroatoms. The van der Waals surface area contributed by atoms with Crippen LogP contribution in [0.2, 0.25) is 0 Å². The number of ketones is 1. The van der Waals surface area contributed by atoms with E-state index in [1.165, 1.54) is 14.2 Å². The number of ether oxygens (including phenoxy) is 4. The van der Waals surface area contributed by atoms with Crippen LogP contribution in [0.15, 0.2) is 30.3 Å². The molecule has 6 nitrogen and oxygen atoms in total. The molecule has 2 aromatic rings. The van der Waals surface area contributed by atoms with Crippen molar-refractivity contribution in [2.24, 2.45) is 0 Å². The fourth-order valence-corrected chi connectivity index (χ4v) is 3.41. The zero-order valence-electron chi connectivity index (χ0n) is 17.0. The second kappa shape index (κ2) is 9.28. The number of carbonyl (C=O) groups is 2. The van der Waals surface area contributed by atoms with E-state index in [1.807, 2.05) is 6.07 Å². The number of hydrogen-bond acceptors (Lipinski definition) is 6. The molecule has 1 aliphatic rings. The summed E-state index contributed by atoms with van der Waals surface area (Å²) >= 11 is 0. The molecule has 0 aromatic heterocycles. The maximum absolute atomic E-state index is 12.2. The number of esters is 1. The Bertz CT molecular complexity index is 984. The van der Waals surface area contributed by atoms with Gasteiger partial charge in [0.2, 0.25) is 5.75 Å². The van der Waals surface area contributed by atoms with Crippen molar-refractivity contribution >= 4 is 11.8 Å². The first kappa shape index (κ1) is 22.5. The summed E-state index contributed by atoms with van der Waals surface area (Å²) < 4.78 is 57.8. The molecule has 1 aliphatic carbocycles. The molecule has 0 saturated carbocycles. The van der Waals surface area contributed by atoms with Crippen molar-refractivity contribution in [2.45, 2.75) is 25.4 Å². The number of alkyl halides is 3. The third kappa shape index (κ3) is 5.28. The van der Waals surface area contributed by atoms with Gasteiger partial charge in [-0.3, -0.25) is 9.59 Å². The maximum atomic E-state index is 12.2. The highest BCUT2D eigenvalue weighted by Gasteiger charge is 2.32. The number of fused-ring (bicyclic) bond motifs is 1. The van der Waals surface area contributed by atoms with Crippen molar-refractivity contribution in [3.63, 3.8) is 0 Å². The zero-order chi connectivity index (χ0) is 22.6. The zero-order valence-corrected chi connectivity index (χ0v) is 17.0. The Morgan fingerprint density at radius 3 is 2.39 bits per heavy atom. The van der Waals surface area contributed by atoms with Gasteiger partial charge in [-0.15, -0.1) is 0 Å². The minimum Gasteiger partial charge on any atom is -0.493 e.